The summed E-state index contributed by atoms with van der Waals surface area (Å²) in [6.07, 6.45) is 0. The Labute approximate surface area is 118 Å². The van der Waals surface area contributed by atoms with Crippen molar-refractivity contribution in [3.63, 3.8) is 0 Å². The van der Waals surface area contributed by atoms with Gasteiger partial charge in [0.15, 0.2) is 0 Å². The molecule has 0 unspecified atom stereocenters. The third kappa shape index (κ3) is 2.15. The lowest BCUT2D eigenvalue weighted by Gasteiger charge is -2.09. The third-order valence-electron chi connectivity index (χ3n) is 2.18. The predicted octanol–water partition coefficient (Wildman–Crippen LogP) is 1.63. The molecule has 0 saturated carbocycles. The molecule has 0 spiro atoms. The first-order valence-electron chi connectivity index (χ1n) is 4.61. The lowest BCUT2D eigenvalue weighted by Crippen LogP contribution is -2.31. The number of benzene rings is 1. The minimum absolute atomic E-state index is 0.0785. The lowest BCUT2D eigenvalue weighted by atomic mass is 10.3. The van der Waals surface area contributed by atoms with E-state index in [1.807, 2.05) is 22.6 Å². The summed E-state index contributed by atoms with van der Waals surface area (Å²) < 4.78 is 14.7. The Morgan fingerprint density at radius 3 is 2.67 bits per heavy atom. The van der Waals surface area contributed by atoms with E-state index >= 15 is 0 Å². The molecular weight excluding hydrogens is 377 g/mol. The number of rotatable bonds is 1. The Hall–Kier alpha value is -1.35. The minimum atomic E-state index is -1.44. The maximum atomic E-state index is 13.3. The molecule has 0 aliphatic heterocycles. The molecule has 0 atom stereocenters. The molecule has 2 aromatic rings. The summed E-state index contributed by atoms with van der Waals surface area (Å²) in [5.74, 6) is -2.52. The van der Waals surface area contributed by atoms with E-state index in [1.165, 1.54) is 12.1 Å². The molecule has 1 heterocycles. The summed E-state index contributed by atoms with van der Waals surface area (Å²) in [6.45, 7) is 0. The van der Waals surface area contributed by atoms with Crippen LogP contribution in [-0.4, -0.2) is 14.7 Å². The van der Waals surface area contributed by atoms with Crippen molar-refractivity contribution in [3.8, 4) is 11.6 Å². The van der Waals surface area contributed by atoms with Crippen LogP contribution in [0, 0.1) is 9.39 Å². The second kappa shape index (κ2) is 4.73. The standard InChI is InChI=1S/C10H5ClFIN2O3/c11-5-3-4(13)1-2-6(5)15-9(17)7(12)8(16)14-10(15)18/h1-3,17H,(H,14,16,18). The molecule has 1 aromatic heterocycles. The molecule has 18 heavy (non-hydrogen) atoms. The van der Waals surface area contributed by atoms with Gasteiger partial charge < -0.3 is 5.11 Å². The van der Waals surface area contributed by atoms with Gasteiger partial charge in [-0.1, -0.05) is 11.6 Å². The van der Waals surface area contributed by atoms with E-state index in [0.717, 1.165) is 3.57 Å². The molecule has 5 nitrogen and oxygen atoms in total. The van der Waals surface area contributed by atoms with Crippen molar-refractivity contribution in [2.45, 2.75) is 0 Å². The molecule has 1 aromatic carbocycles. The van der Waals surface area contributed by atoms with Crippen LogP contribution in [0.5, 0.6) is 5.88 Å². The second-order valence-corrected chi connectivity index (χ2v) is 4.98. The number of hydrogen-bond acceptors (Lipinski definition) is 3. The van der Waals surface area contributed by atoms with E-state index in [2.05, 4.69) is 0 Å². The Kier molecular flexibility index (Phi) is 3.44. The number of nitrogens with one attached hydrogen (secondary N) is 1. The molecule has 0 aliphatic rings. The van der Waals surface area contributed by atoms with Gasteiger partial charge in [-0.2, -0.15) is 4.39 Å². The molecule has 94 valence electrons. The molecule has 0 fully saturated rings. The van der Waals surface area contributed by atoms with Gasteiger partial charge in [0.2, 0.25) is 11.7 Å². The van der Waals surface area contributed by atoms with Crippen LogP contribution < -0.4 is 11.2 Å². The van der Waals surface area contributed by atoms with Gasteiger partial charge >= 0.3 is 5.69 Å². The largest absolute Gasteiger partial charge is 0.492 e. The number of H-pyrrole nitrogens is 1. The van der Waals surface area contributed by atoms with Gasteiger partial charge in [0, 0.05) is 3.57 Å². The van der Waals surface area contributed by atoms with Crippen molar-refractivity contribution in [2.75, 3.05) is 0 Å². The van der Waals surface area contributed by atoms with Crippen LogP contribution in [0.25, 0.3) is 5.69 Å². The zero-order valence-corrected chi connectivity index (χ0v) is 11.5. The number of aromatic hydroxyl groups is 1. The smallest absolute Gasteiger partial charge is 0.335 e. The summed E-state index contributed by atoms with van der Waals surface area (Å²) in [5.41, 5.74) is -2.17. The maximum Gasteiger partial charge on any atom is 0.335 e. The van der Waals surface area contributed by atoms with E-state index < -0.39 is 22.9 Å². The van der Waals surface area contributed by atoms with E-state index in [1.54, 1.807) is 11.1 Å². The molecule has 0 amide bonds. The van der Waals surface area contributed by atoms with Gasteiger partial charge in [0.25, 0.3) is 5.56 Å². The van der Waals surface area contributed by atoms with E-state index in [4.69, 9.17) is 11.6 Å². The van der Waals surface area contributed by atoms with Crippen LogP contribution in [0.4, 0.5) is 4.39 Å². The number of hydrogen-bond donors (Lipinski definition) is 2. The highest BCUT2D eigenvalue weighted by molar-refractivity contribution is 14.1. The fraction of sp³-hybridized carbons (Fsp3) is 0. The van der Waals surface area contributed by atoms with Gasteiger partial charge in [-0.05, 0) is 40.8 Å². The SMILES string of the molecule is O=c1[nH]c(=O)n(-c2ccc(I)cc2Cl)c(O)c1F. The normalized spacial score (nSPS) is 10.6. The van der Waals surface area contributed by atoms with E-state index in [9.17, 15) is 19.1 Å². The molecule has 0 saturated heterocycles. The van der Waals surface area contributed by atoms with Crippen LogP contribution >= 0.6 is 34.2 Å². The highest BCUT2D eigenvalue weighted by Crippen LogP contribution is 2.24. The van der Waals surface area contributed by atoms with Gasteiger partial charge in [0.05, 0.1) is 10.7 Å². The molecule has 2 rings (SSSR count). The zero-order valence-electron chi connectivity index (χ0n) is 8.58. The molecule has 0 bridgehead atoms. The van der Waals surface area contributed by atoms with Crippen molar-refractivity contribution in [2.24, 2.45) is 0 Å². The monoisotopic (exact) mass is 382 g/mol. The van der Waals surface area contributed by atoms with Gasteiger partial charge in [-0.3, -0.25) is 9.78 Å². The first-order valence-corrected chi connectivity index (χ1v) is 6.06. The minimum Gasteiger partial charge on any atom is -0.492 e. The second-order valence-electron chi connectivity index (χ2n) is 3.33. The van der Waals surface area contributed by atoms with Crippen LogP contribution in [0.15, 0.2) is 27.8 Å². The topological polar surface area (TPSA) is 75.1 Å². The summed E-state index contributed by atoms with van der Waals surface area (Å²) in [7, 11) is 0. The Morgan fingerprint density at radius 2 is 2.06 bits per heavy atom. The number of halogens is 3. The highest BCUT2D eigenvalue weighted by Gasteiger charge is 2.16. The van der Waals surface area contributed by atoms with Gasteiger partial charge in [-0.25, -0.2) is 9.36 Å². The molecule has 2 N–H and O–H groups in total. The summed E-state index contributed by atoms with van der Waals surface area (Å²) in [5, 5.41) is 9.66. The first-order chi connectivity index (χ1) is 8.41. The van der Waals surface area contributed by atoms with Crippen molar-refractivity contribution < 1.29 is 9.50 Å². The van der Waals surface area contributed by atoms with Crippen LogP contribution in [-0.2, 0) is 0 Å². The Morgan fingerprint density at radius 1 is 1.39 bits per heavy atom. The van der Waals surface area contributed by atoms with Crippen molar-refractivity contribution in [1.82, 2.24) is 9.55 Å². The van der Waals surface area contributed by atoms with Crippen molar-refractivity contribution in [3.05, 3.63) is 53.4 Å². The highest BCUT2D eigenvalue weighted by atomic mass is 127. The quantitative estimate of drug-likeness (QED) is 0.736. The first kappa shape index (κ1) is 13.1. The fourth-order valence-corrected chi connectivity index (χ4v) is 2.33. The molecule has 8 heteroatoms. The average Bonchev–Trinajstić information content (AvgIpc) is 2.29. The van der Waals surface area contributed by atoms with Gasteiger partial charge in [-0.15, -0.1) is 0 Å². The molecule has 0 radical (unpaired) electrons. The van der Waals surface area contributed by atoms with Crippen molar-refractivity contribution >= 4 is 34.2 Å². The zero-order chi connectivity index (χ0) is 13.4. The van der Waals surface area contributed by atoms with E-state index in [0.29, 0.717) is 4.57 Å². The van der Waals surface area contributed by atoms with Gasteiger partial charge in [0.1, 0.15) is 0 Å². The maximum absolute atomic E-state index is 13.3. The summed E-state index contributed by atoms with van der Waals surface area (Å²) >= 11 is 7.91. The van der Waals surface area contributed by atoms with Crippen LogP contribution in [0.3, 0.4) is 0 Å². The van der Waals surface area contributed by atoms with Crippen LogP contribution in [0.2, 0.25) is 5.02 Å². The Bertz CT molecular complexity index is 741. The summed E-state index contributed by atoms with van der Waals surface area (Å²) in [4.78, 5) is 24.3. The Balaban J connectivity index is 2.84. The third-order valence-corrected chi connectivity index (χ3v) is 3.16. The predicted molar refractivity (Wildman–Crippen MR) is 72.0 cm³/mol. The molecular formula is C10H5ClFIN2O3. The molecule has 0 aliphatic carbocycles. The van der Waals surface area contributed by atoms with E-state index in [-0.39, 0.29) is 10.7 Å². The number of nitrogens with zero attached hydrogens (tertiary/aromatic N) is 1. The number of aromatic nitrogens is 2. The summed E-state index contributed by atoms with van der Waals surface area (Å²) in [6, 6.07) is 4.59. The van der Waals surface area contributed by atoms with Crippen molar-refractivity contribution in [1.29, 1.82) is 0 Å². The fourth-order valence-electron chi connectivity index (χ4n) is 1.39. The lowest BCUT2D eigenvalue weighted by molar-refractivity contribution is 0.386. The number of aromatic amines is 1. The van der Waals surface area contributed by atoms with Crippen LogP contribution in [0.1, 0.15) is 0 Å². The average molecular weight is 383 g/mol.